The number of nitrogens with zero attached hydrogens (tertiary/aromatic N) is 2. The first kappa shape index (κ1) is 13.4. The minimum Gasteiger partial charge on any atom is -0.306 e. The van der Waals surface area contributed by atoms with E-state index in [2.05, 4.69) is 4.98 Å². The topological polar surface area (TPSA) is 34.4 Å². The molecule has 0 N–H and O–H groups in total. The summed E-state index contributed by atoms with van der Waals surface area (Å²) in [5.74, 6) is 0. The second-order valence-corrected chi connectivity index (χ2v) is 4.55. The quantitative estimate of drug-likeness (QED) is 0.672. The van der Waals surface area contributed by atoms with Gasteiger partial charge in [0.25, 0.3) is 0 Å². The molecule has 0 saturated carbocycles. The number of aromatic nitrogens is 2. The molecule has 0 spiro atoms. The highest BCUT2D eigenvalue weighted by atomic mass is 19.4. The van der Waals surface area contributed by atoms with Crippen LogP contribution in [-0.2, 0) is 6.18 Å². The average Bonchev–Trinajstić information content (AvgIpc) is 2.89. The molecule has 6 heteroatoms. The molecule has 3 rings (SSSR count). The van der Waals surface area contributed by atoms with Gasteiger partial charge in [0.1, 0.15) is 5.65 Å². The molecule has 3 nitrogen and oxygen atoms in total. The highest BCUT2D eigenvalue weighted by Crippen LogP contribution is 2.30. The minimum atomic E-state index is -4.35. The van der Waals surface area contributed by atoms with E-state index in [1.165, 1.54) is 12.1 Å². The molecule has 0 amide bonds. The van der Waals surface area contributed by atoms with Crippen molar-refractivity contribution in [2.75, 3.05) is 0 Å². The Balaban J connectivity index is 2.02. The zero-order chi connectivity index (χ0) is 15.0. The molecule has 0 aliphatic carbocycles. The van der Waals surface area contributed by atoms with Gasteiger partial charge in [0.05, 0.1) is 11.3 Å². The lowest BCUT2D eigenvalue weighted by molar-refractivity contribution is -0.137. The number of halogens is 3. The van der Waals surface area contributed by atoms with E-state index in [1.807, 2.05) is 0 Å². The number of benzene rings is 1. The number of hydrogen-bond acceptors (Lipinski definition) is 2. The minimum absolute atomic E-state index is 0.499. The number of carbonyl (C=O) groups is 1. The largest absolute Gasteiger partial charge is 0.416 e. The van der Waals surface area contributed by atoms with Gasteiger partial charge < -0.3 is 4.40 Å². The van der Waals surface area contributed by atoms with E-state index in [0.717, 1.165) is 18.4 Å². The Morgan fingerprint density at radius 3 is 2.33 bits per heavy atom. The van der Waals surface area contributed by atoms with Crippen LogP contribution in [0, 0.1) is 0 Å². The molecular formula is C15H9F3N2O. The van der Waals surface area contributed by atoms with Gasteiger partial charge in [0.2, 0.25) is 0 Å². The number of alkyl halides is 3. The van der Waals surface area contributed by atoms with Gasteiger partial charge in [-0.15, -0.1) is 0 Å². The molecule has 3 aromatic rings. The number of rotatable bonds is 2. The number of carbonyl (C=O) groups excluding carboxylic acids is 1. The summed E-state index contributed by atoms with van der Waals surface area (Å²) in [5.41, 5.74) is 1.55. The predicted molar refractivity (Wildman–Crippen MR) is 71.0 cm³/mol. The monoisotopic (exact) mass is 290 g/mol. The molecular weight excluding hydrogens is 281 g/mol. The van der Waals surface area contributed by atoms with E-state index < -0.39 is 11.7 Å². The van der Waals surface area contributed by atoms with Crippen LogP contribution in [0.3, 0.4) is 0 Å². The van der Waals surface area contributed by atoms with E-state index >= 15 is 0 Å². The van der Waals surface area contributed by atoms with Gasteiger partial charge in [-0.25, -0.2) is 4.98 Å². The summed E-state index contributed by atoms with van der Waals surface area (Å²) in [6.07, 6.45) is -0.346. The Labute approximate surface area is 117 Å². The van der Waals surface area contributed by atoms with Crippen molar-refractivity contribution >= 4 is 11.9 Å². The van der Waals surface area contributed by atoms with Crippen LogP contribution < -0.4 is 0 Å². The molecule has 0 aliphatic heterocycles. The summed E-state index contributed by atoms with van der Waals surface area (Å²) >= 11 is 0. The molecule has 21 heavy (non-hydrogen) atoms. The van der Waals surface area contributed by atoms with Gasteiger partial charge in [-0.1, -0.05) is 12.1 Å². The SMILES string of the molecule is O=Cc1ccc2nc(-c3ccc(C(F)(F)F)cc3)cn2c1. The van der Waals surface area contributed by atoms with E-state index in [1.54, 1.807) is 28.9 Å². The van der Waals surface area contributed by atoms with Crippen LogP contribution in [-0.4, -0.2) is 15.7 Å². The maximum atomic E-state index is 12.5. The summed E-state index contributed by atoms with van der Waals surface area (Å²) in [6, 6.07) is 8.12. The third-order valence-electron chi connectivity index (χ3n) is 3.12. The van der Waals surface area contributed by atoms with Gasteiger partial charge in [0, 0.05) is 23.5 Å². The van der Waals surface area contributed by atoms with Crippen LogP contribution in [0.15, 0.2) is 48.8 Å². The number of fused-ring (bicyclic) bond motifs is 1. The summed E-state index contributed by atoms with van der Waals surface area (Å²) in [7, 11) is 0. The fraction of sp³-hybridized carbons (Fsp3) is 0.0667. The molecule has 0 fully saturated rings. The first-order chi connectivity index (χ1) is 9.97. The average molecular weight is 290 g/mol. The first-order valence-corrected chi connectivity index (χ1v) is 6.09. The van der Waals surface area contributed by atoms with E-state index in [4.69, 9.17) is 0 Å². The molecule has 0 atom stereocenters. The number of aldehydes is 1. The second-order valence-electron chi connectivity index (χ2n) is 4.55. The van der Waals surface area contributed by atoms with Crippen molar-refractivity contribution in [3.05, 3.63) is 59.9 Å². The predicted octanol–water partition coefficient (Wildman–Crippen LogP) is 3.83. The van der Waals surface area contributed by atoms with Crippen molar-refractivity contribution in [3.8, 4) is 11.3 Å². The molecule has 1 aromatic carbocycles. The van der Waals surface area contributed by atoms with Crippen LogP contribution in [0.2, 0.25) is 0 Å². The highest BCUT2D eigenvalue weighted by Gasteiger charge is 2.30. The van der Waals surface area contributed by atoms with E-state index in [0.29, 0.717) is 22.5 Å². The highest BCUT2D eigenvalue weighted by molar-refractivity contribution is 5.75. The third kappa shape index (κ3) is 2.52. The van der Waals surface area contributed by atoms with Crippen molar-refractivity contribution in [3.63, 3.8) is 0 Å². The maximum absolute atomic E-state index is 12.5. The smallest absolute Gasteiger partial charge is 0.306 e. The van der Waals surface area contributed by atoms with Crippen molar-refractivity contribution < 1.29 is 18.0 Å². The lowest BCUT2D eigenvalue weighted by Gasteiger charge is -2.06. The molecule has 106 valence electrons. The molecule has 0 aliphatic rings. The van der Waals surface area contributed by atoms with Gasteiger partial charge in [-0.05, 0) is 24.3 Å². The van der Waals surface area contributed by atoms with Crippen molar-refractivity contribution in [1.29, 1.82) is 0 Å². The van der Waals surface area contributed by atoms with Crippen LogP contribution >= 0.6 is 0 Å². The Bertz CT molecular complexity index is 804. The van der Waals surface area contributed by atoms with Crippen molar-refractivity contribution in [1.82, 2.24) is 9.38 Å². The molecule has 0 saturated heterocycles. The van der Waals surface area contributed by atoms with E-state index in [-0.39, 0.29) is 0 Å². The number of imidazole rings is 1. The zero-order valence-electron chi connectivity index (χ0n) is 10.6. The third-order valence-corrected chi connectivity index (χ3v) is 3.12. The summed E-state index contributed by atoms with van der Waals surface area (Å²) in [6.45, 7) is 0. The Hall–Kier alpha value is -2.63. The van der Waals surface area contributed by atoms with Crippen LogP contribution in [0.1, 0.15) is 15.9 Å². The van der Waals surface area contributed by atoms with Crippen molar-refractivity contribution in [2.24, 2.45) is 0 Å². The van der Waals surface area contributed by atoms with Gasteiger partial charge in [-0.2, -0.15) is 13.2 Å². The molecule has 0 bridgehead atoms. The standard InChI is InChI=1S/C15H9F3N2O/c16-15(17,18)12-4-2-11(3-5-12)13-8-20-7-10(9-21)1-6-14(20)19-13/h1-9H. The Morgan fingerprint density at radius 1 is 1.00 bits per heavy atom. The fourth-order valence-electron chi connectivity index (χ4n) is 2.05. The fourth-order valence-corrected chi connectivity index (χ4v) is 2.05. The normalized spacial score (nSPS) is 11.8. The molecule has 2 heterocycles. The van der Waals surface area contributed by atoms with Crippen LogP contribution in [0.4, 0.5) is 13.2 Å². The van der Waals surface area contributed by atoms with E-state index in [9.17, 15) is 18.0 Å². The van der Waals surface area contributed by atoms with Gasteiger partial charge in [0.15, 0.2) is 6.29 Å². The van der Waals surface area contributed by atoms with Crippen LogP contribution in [0.5, 0.6) is 0 Å². The summed E-state index contributed by atoms with van der Waals surface area (Å²) < 4.78 is 39.2. The summed E-state index contributed by atoms with van der Waals surface area (Å²) in [5, 5.41) is 0. The molecule has 2 aromatic heterocycles. The summed E-state index contributed by atoms with van der Waals surface area (Å²) in [4.78, 5) is 15.0. The van der Waals surface area contributed by atoms with Gasteiger partial charge in [-0.3, -0.25) is 4.79 Å². The lowest BCUT2D eigenvalue weighted by Crippen LogP contribution is -2.03. The van der Waals surface area contributed by atoms with Gasteiger partial charge >= 0.3 is 6.18 Å². The number of hydrogen-bond donors (Lipinski definition) is 0. The second kappa shape index (κ2) is 4.73. The van der Waals surface area contributed by atoms with Crippen molar-refractivity contribution in [2.45, 2.75) is 6.18 Å². The zero-order valence-corrected chi connectivity index (χ0v) is 10.6. The first-order valence-electron chi connectivity index (χ1n) is 6.09. The Morgan fingerprint density at radius 2 is 1.71 bits per heavy atom. The maximum Gasteiger partial charge on any atom is 0.416 e. The Kier molecular flexibility index (Phi) is 3.01. The van der Waals surface area contributed by atoms with Crippen LogP contribution in [0.25, 0.3) is 16.9 Å². The molecule has 0 unspecified atom stereocenters. The lowest BCUT2D eigenvalue weighted by atomic mass is 10.1. The molecule has 0 radical (unpaired) electrons. The number of pyridine rings is 1.